The molecule has 0 aliphatic carbocycles. The van der Waals surface area contributed by atoms with Gasteiger partial charge in [-0.2, -0.15) is 5.26 Å². The smallest absolute Gasteiger partial charge is 0.165 e. The summed E-state index contributed by atoms with van der Waals surface area (Å²) >= 11 is 0. The van der Waals surface area contributed by atoms with Crippen molar-refractivity contribution in [1.82, 2.24) is 15.0 Å². The second-order valence-electron chi connectivity index (χ2n) is 5.97. The Hall–Kier alpha value is -3.98. The van der Waals surface area contributed by atoms with Crippen LogP contribution in [0.5, 0.6) is 5.75 Å². The minimum Gasteiger partial charge on any atom is -0.507 e. The standard InChI is InChI=1S/C21H15N5O/c22-11-14-7-8-19(27)17(10-14)21-25-18-6-2-1-5-16(18)20(26-21)24-13-15-4-3-9-23-12-15/h1-10,12,27H,13H2,(H,24,25,26). The van der Waals surface area contributed by atoms with Crippen LogP contribution in [-0.2, 0) is 6.54 Å². The van der Waals surface area contributed by atoms with Crippen LogP contribution in [0.25, 0.3) is 22.3 Å². The van der Waals surface area contributed by atoms with Gasteiger partial charge in [-0.1, -0.05) is 18.2 Å². The van der Waals surface area contributed by atoms with E-state index in [1.165, 1.54) is 6.07 Å². The number of phenols is 1. The molecule has 0 spiro atoms. The lowest BCUT2D eigenvalue weighted by Crippen LogP contribution is -2.04. The van der Waals surface area contributed by atoms with E-state index < -0.39 is 0 Å². The Kier molecular flexibility index (Phi) is 4.33. The largest absolute Gasteiger partial charge is 0.507 e. The highest BCUT2D eigenvalue weighted by Gasteiger charge is 2.13. The van der Waals surface area contributed by atoms with Crippen LogP contribution in [0, 0.1) is 11.3 Å². The maximum atomic E-state index is 10.2. The van der Waals surface area contributed by atoms with Gasteiger partial charge in [-0.25, -0.2) is 9.97 Å². The molecule has 0 unspecified atom stereocenters. The Labute approximate surface area is 155 Å². The zero-order valence-corrected chi connectivity index (χ0v) is 14.3. The molecule has 4 rings (SSSR count). The molecular formula is C21H15N5O. The molecule has 0 aliphatic rings. The number of rotatable bonds is 4. The Bertz CT molecular complexity index is 1150. The third-order valence-electron chi connectivity index (χ3n) is 4.15. The summed E-state index contributed by atoms with van der Waals surface area (Å²) in [5, 5.41) is 23.6. The minimum atomic E-state index is 0.0301. The lowest BCUT2D eigenvalue weighted by atomic mass is 10.1. The molecule has 27 heavy (non-hydrogen) atoms. The SMILES string of the molecule is N#Cc1ccc(O)c(-c2nc(NCc3cccnc3)c3ccccc3n2)c1. The Morgan fingerprint density at radius 2 is 1.93 bits per heavy atom. The molecule has 0 saturated carbocycles. The second-order valence-corrected chi connectivity index (χ2v) is 5.97. The Morgan fingerprint density at radius 3 is 2.74 bits per heavy atom. The molecular weight excluding hydrogens is 338 g/mol. The molecule has 0 fully saturated rings. The first-order valence-electron chi connectivity index (χ1n) is 8.37. The maximum absolute atomic E-state index is 10.2. The average molecular weight is 353 g/mol. The van der Waals surface area contributed by atoms with Crippen LogP contribution in [0.15, 0.2) is 67.0 Å². The van der Waals surface area contributed by atoms with Crippen LogP contribution in [-0.4, -0.2) is 20.1 Å². The molecule has 0 aliphatic heterocycles. The third-order valence-corrected chi connectivity index (χ3v) is 4.15. The molecule has 2 aromatic carbocycles. The summed E-state index contributed by atoms with van der Waals surface area (Å²) in [6.45, 7) is 0.554. The number of nitrogens with one attached hydrogen (secondary N) is 1. The fourth-order valence-corrected chi connectivity index (χ4v) is 2.80. The monoisotopic (exact) mass is 353 g/mol. The van der Waals surface area contributed by atoms with Crippen LogP contribution in [0.3, 0.4) is 0 Å². The lowest BCUT2D eigenvalue weighted by Gasteiger charge is -2.12. The summed E-state index contributed by atoms with van der Waals surface area (Å²) < 4.78 is 0. The summed E-state index contributed by atoms with van der Waals surface area (Å²) in [6, 6.07) is 18.2. The average Bonchev–Trinajstić information content (AvgIpc) is 2.73. The number of aromatic hydroxyl groups is 1. The first kappa shape index (κ1) is 16.5. The molecule has 0 bridgehead atoms. The zero-order chi connectivity index (χ0) is 18.6. The minimum absolute atomic E-state index is 0.0301. The van der Waals surface area contributed by atoms with Crippen LogP contribution >= 0.6 is 0 Å². The van der Waals surface area contributed by atoms with Crippen molar-refractivity contribution in [1.29, 1.82) is 5.26 Å². The number of hydrogen-bond donors (Lipinski definition) is 2. The molecule has 0 amide bonds. The van der Waals surface area contributed by atoms with Crippen molar-refractivity contribution in [2.45, 2.75) is 6.54 Å². The number of nitriles is 1. The third kappa shape index (κ3) is 3.39. The molecule has 130 valence electrons. The molecule has 6 heteroatoms. The van der Waals surface area contributed by atoms with Crippen LogP contribution in [0.4, 0.5) is 5.82 Å². The zero-order valence-electron chi connectivity index (χ0n) is 14.3. The van der Waals surface area contributed by atoms with Gasteiger partial charge in [0, 0.05) is 24.3 Å². The van der Waals surface area contributed by atoms with Gasteiger partial charge in [0.15, 0.2) is 5.82 Å². The van der Waals surface area contributed by atoms with Crippen molar-refractivity contribution in [3.63, 3.8) is 0 Å². The summed E-state index contributed by atoms with van der Waals surface area (Å²) in [7, 11) is 0. The van der Waals surface area contributed by atoms with E-state index >= 15 is 0 Å². The predicted molar refractivity (Wildman–Crippen MR) is 103 cm³/mol. The second kappa shape index (κ2) is 7.10. The molecule has 0 radical (unpaired) electrons. The summed E-state index contributed by atoms with van der Waals surface area (Å²) in [4.78, 5) is 13.3. The number of phenolic OH excluding ortho intramolecular Hbond substituents is 1. The van der Waals surface area contributed by atoms with E-state index in [9.17, 15) is 5.11 Å². The van der Waals surface area contributed by atoms with Crippen LogP contribution in [0.2, 0.25) is 0 Å². The van der Waals surface area contributed by atoms with Gasteiger partial charge in [-0.05, 0) is 42.0 Å². The maximum Gasteiger partial charge on any atom is 0.165 e. The van der Waals surface area contributed by atoms with Crippen molar-refractivity contribution in [3.05, 3.63) is 78.1 Å². The fraction of sp³-hybridized carbons (Fsp3) is 0.0476. The number of para-hydroxylation sites is 1. The fourth-order valence-electron chi connectivity index (χ4n) is 2.80. The van der Waals surface area contributed by atoms with E-state index in [0.29, 0.717) is 29.3 Å². The number of aromatic nitrogens is 3. The lowest BCUT2D eigenvalue weighted by molar-refractivity contribution is 0.477. The normalized spacial score (nSPS) is 10.5. The van der Waals surface area contributed by atoms with Crippen LogP contribution < -0.4 is 5.32 Å². The first-order valence-corrected chi connectivity index (χ1v) is 8.37. The summed E-state index contributed by atoms with van der Waals surface area (Å²) in [6.07, 6.45) is 3.52. The van der Waals surface area contributed by atoms with E-state index in [-0.39, 0.29) is 5.75 Å². The molecule has 2 heterocycles. The van der Waals surface area contributed by atoms with Crippen molar-refractivity contribution >= 4 is 16.7 Å². The number of hydrogen-bond acceptors (Lipinski definition) is 6. The quantitative estimate of drug-likeness (QED) is 0.578. The highest BCUT2D eigenvalue weighted by atomic mass is 16.3. The van der Waals surface area contributed by atoms with E-state index in [4.69, 9.17) is 5.26 Å². The van der Waals surface area contributed by atoms with Gasteiger partial charge >= 0.3 is 0 Å². The molecule has 2 aromatic heterocycles. The molecule has 0 atom stereocenters. The van der Waals surface area contributed by atoms with Gasteiger partial charge in [0.2, 0.25) is 0 Å². The van der Waals surface area contributed by atoms with E-state index in [1.807, 2.05) is 36.4 Å². The highest BCUT2D eigenvalue weighted by molar-refractivity contribution is 5.91. The number of fused-ring (bicyclic) bond motifs is 1. The Balaban J connectivity index is 1.80. The van der Waals surface area contributed by atoms with E-state index in [2.05, 4.69) is 26.3 Å². The number of benzene rings is 2. The van der Waals surface area contributed by atoms with E-state index in [1.54, 1.807) is 24.5 Å². The van der Waals surface area contributed by atoms with Crippen molar-refractivity contribution in [2.24, 2.45) is 0 Å². The van der Waals surface area contributed by atoms with Gasteiger partial charge in [0.1, 0.15) is 11.6 Å². The molecule has 2 N–H and O–H groups in total. The van der Waals surface area contributed by atoms with Gasteiger partial charge < -0.3 is 10.4 Å². The van der Waals surface area contributed by atoms with Crippen molar-refractivity contribution in [2.75, 3.05) is 5.32 Å². The summed E-state index contributed by atoms with van der Waals surface area (Å²) in [5.74, 6) is 1.04. The van der Waals surface area contributed by atoms with Gasteiger partial charge in [0.05, 0.1) is 22.7 Å². The summed E-state index contributed by atoms with van der Waals surface area (Å²) in [5.41, 5.74) is 2.63. The van der Waals surface area contributed by atoms with Crippen molar-refractivity contribution < 1.29 is 5.11 Å². The highest BCUT2D eigenvalue weighted by Crippen LogP contribution is 2.31. The number of pyridine rings is 1. The Morgan fingerprint density at radius 1 is 1.04 bits per heavy atom. The van der Waals surface area contributed by atoms with Gasteiger partial charge in [0.25, 0.3) is 0 Å². The first-order chi connectivity index (χ1) is 13.2. The van der Waals surface area contributed by atoms with Crippen LogP contribution in [0.1, 0.15) is 11.1 Å². The molecule has 0 saturated heterocycles. The predicted octanol–water partition coefficient (Wildman–Crippen LogP) is 3.88. The molecule has 4 aromatic rings. The number of nitrogens with zero attached hydrogens (tertiary/aromatic N) is 4. The molecule has 6 nitrogen and oxygen atoms in total. The number of anilines is 1. The van der Waals surface area contributed by atoms with Gasteiger partial charge in [-0.3, -0.25) is 4.98 Å². The van der Waals surface area contributed by atoms with Gasteiger partial charge in [-0.15, -0.1) is 0 Å². The van der Waals surface area contributed by atoms with E-state index in [0.717, 1.165) is 16.5 Å². The topological polar surface area (TPSA) is 94.7 Å². The van der Waals surface area contributed by atoms with Crippen molar-refractivity contribution in [3.8, 4) is 23.2 Å².